The van der Waals surface area contributed by atoms with Crippen molar-refractivity contribution >= 4 is 17.4 Å². The monoisotopic (exact) mass is 270 g/mol. The van der Waals surface area contributed by atoms with Gasteiger partial charge in [0.25, 0.3) is 5.91 Å². The van der Waals surface area contributed by atoms with Crippen LogP contribution in [-0.2, 0) is 0 Å². The third-order valence-corrected chi connectivity index (χ3v) is 2.94. The number of rotatable bonds is 4. The van der Waals surface area contributed by atoms with E-state index in [4.69, 9.17) is 0 Å². The van der Waals surface area contributed by atoms with Gasteiger partial charge in [-0.05, 0) is 32.0 Å². The molecule has 2 aromatic rings. The number of nitrogens with one attached hydrogen (secondary N) is 1. The van der Waals surface area contributed by atoms with Crippen LogP contribution < -0.4 is 10.2 Å². The Kier molecular flexibility index (Phi) is 4.30. The molecule has 0 aliphatic heterocycles. The van der Waals surface area contributed by atoms with Gasteiger partial charge in [0.15, 0.2) is 0 Å². The first-order valence-electron chi connectivity index (χ1n) is 6.53. The summed E-state index contributed by atoms with van der Waals surface area (Å²) in [6.07, 6.45) is 3.27. The molecule has 0 saturated carbocycles. The number of carbonyl (C=O) groups is 1. The average molecular weight is 270 g/mol. The third-order valence-electron chi connectivity index (χ3n) is 2.94. The Bertz CT molecular complexity index is 598. The first-order chi connectivity index (χ1) is 9.63. The van der Waals surface area contributed by atoms with Crippen molar-refractivity contribution in [2.45, 2.75) is 13.8 Å². The number of carbonyl (C=O) groups excluding carboxylic acids is 1. The summed E-state index contributed by atoms with van der Waals surface area (Å²) >= 11 is 0. The number of anilines is 2. The molecule has 1 amide bonds. The molecule has 2 rings (SSSR count). The van der Waals surface area contributed by atoms with E-state index in [1.807, 2.05) is 32.0 Å². The predicted octanol–water partition coefficient (Wildman–Crippen LogP) is 2.49. The number of nitrogens with zero attached hydrogens (tertiary/aromatic N) is 3. The summed E-state index contributed by atoms with van der Waals surface area (Å²) in [7, 11) is 1.71. The molecular weight excluding hydrogens is 252 g/mol. The number of pyridine rings is 2. The van der Waals surface area contributed by atoms with E-state index in [0.717, 1.165) is 17.9 Å². The minimum Gasteiger partial charge on any atom is -0.385 e. The Balaban J connectivity index is 2.33. The molecule has 2 heterocycles. The molecule has 0 aromatic carbocycles. The van der Waals surface area contributed by atoms with Gasteiger partial charge in [0, 0.05) is 31.7 Å². The van der Waals surface area contributed by atoms with Gasteiger partial charge in [-0.15, -0.1) is 0 Å². The standard InChI is InChI=1S/C15H18N4O/c1-4-16-13-9-11(2)18-10-12(13)15(20)19(3)14-7-5-6-8-17-14/h5-10H,4H2,1-3H3,(H,16,18). The SMILES string of the molecule is CCNc1cc(C)ncc1C(=O)N(C)c1ccccn1. The smallest absolute Gasteiger partial charge is 0.262 e. The van der Waals surface area contributed by atoms with Crippen molar-refractivity contribution in [3.8, 4) is 0 Å². The zero-order chi connectivity index (χ0) is 14.5. The van der Waals surface area contributed by atoms with E-state index in [1.54, 1.807) is 25.5 Å². The fraction of sp³-hybridized carbons (Fsp3) is 0.267. The Morgan fingerprint density at radius 3 is 2.80 bits per heavy atom. The van der Waals surface area contributed by atoms with E-state index in [-0.39, 0.29) is 5.91 Å². The molecule has 20 heavy (non-hydrogen) atoms. The molecule has 0 aliphatic rings. The largest absolute Gasteiger partial charge is 0.385 e. The molecule has 104 valence electrons. The summed E-state index contributed by atoms with van der Waals surface area (Å²) in [5.41, 5.74) is 2.22. The molecule has 2 aromatic heterocycles. The van der Waals surface area contributed by atoms with Gasteiger partial charge in [-0.25, -0.2) is 4.98 Å². The molecule has 1 N–H and O–H groups in total. The molecule has 0 saturated heterocycles. The second-order valence-corrected chi connectivity index (χ2v) is 4.45. The third kappa shape index (κ3) is 2.93. The summed E-state index contributed by atoms with van der Waals surface area (Å²) < 4.78 is 0. The van der Waals surface area contributed by atoms with Crippen molar-refractivity contribution in [2.24, 2.45) is 0 Å². The maximum atomic E-state index is 12.6. The van der Waals surface area contributed by atoms with Crippen molar-refractivity contribution < 1.29 is 4.79 Å². The lowest BCUT2D eigenvalue weighted by atomic mass is 10.2. The van der Waals surface area contributed by atoms with Crippen LogP contribution in [0.2, 0.25) is 0 Å². The van der Waals surface area contributed by atoms with Gasteiger partial charge < -0.3 is 5.32 Å². The quantitative estimate of drug-likeness (QED) is 0.927. The molecule has 0 atom stereocenters. The highest BCUT2D eigenvalue weighted by Crippen LogP contribution is 2.19. The number of aryl methyl sites for hydroxylation is 1. The first-order valence-corrected chi connectivity index (χ1v) is 6.53. The topological polar surface area (TPSA) is 58.1 Å². The zero-order valence-corrected chi connectivity index (χ0v) is 11.9. The summed E-state index contributed by atoms with van der Waals surface area (Å²) in [5.74, 6) is 0.479. The van der Waals surface area contributed by atoms with Crippen molar-refractivity contribution in [2.75, 3.05) is 23.8 Å². The average Bonchev–Trinajstić information content (AvgIpc) is 2.47. The van der Waals surface area contributed by atoms with Crippen LogP contribution in [0.15, 0.2) is 36.7 Å². The highest BCUT2D eigenvalue weighted by atomic mass is 16.2. The Morgan fingerprint density at radius 2 is 2.15 bits per heavy atom. The molecule has 5 heteroatoms. The van der Waals surface area contributed by atoms with Crippen LogP contribution in [0.25, 0.3) is 0 Å². The zero-order valence-electron chi connectivity index (χ0n) is 11.9. The van der Waals surface area contributed by atoms with Gasteiger partial charge in [-0.1, -0.05) is 6.07 Å². The fourth-order valence-corrected chi connectivity index (χ4v) is 1.90. The minimum absolute atomic E-state index is 0.132. The van der Waals surface area contributed by atoms with Gasteiger partial charge in [0.2, 0.25) is 0 Å². The molecule has 0 bridgehead atoms. The van der Waals surface area contributed by atoms with E-state index in [9.17, 15) is 4.79 Å². The lowest BCUT2D eigenvalue weighted by Gasteiger charge is -2.18. The highest BCUT2D eigenvalue weighted by molar-refractivity contribution is 6.08. The van der Waals surface area contributed by atoms with E-state index in [2.05, 4.69) is 15.3 Å². The van der Waals surface area contributed by atoms with Crippen molar-refractivity contribution in [1.82, 2.24) is 9.97 Å². The molecule has 0 spiro atoms. The normalized spacial score (nSPS) is 10.2. The minimum atomic E-state index is -0.132. The Hall–Kier alpha value is -2.43. The van der Waals surface area contributed by atoms with Crippen molar-refractivity contribution in [3.63, 3.8) is 0 Å². The lowest BCUT2D eigenvalue weighted by molar-refractivity contribution is 0.0992. The molecular formula is C15H18N4O. The molecule has 5 nitrogen and oxygen atoms in total. The van der Waals surface area contributed by atoms with Gasteiger partial charge in [0.1, 0.15) is 5.82 Å². The second-order valence-electron chi connectivity index (χ2n) is 4.45. The maximum absolute atomic E-state index is 12.6. The van der Waals surface area contributed by atoms with E-state index < -0.39 is 0 Å². The molecule has 0 aliphatic carbocycles. The Morgan fingerprint density at radius 1 is 1.35 bits per heavy atom. The summed E-state index contributed by atoms with van der Waals surface area (Å²) in [4.78, 5) is 22.5. The van der Waals surface area contributed by atoms with Crippen LogP contribution in [0.1, 0.15) is 23.0 Å². The van der Waals surface area contributed by atoms with Crippen LogP contribution in [-0.4, -0.2) is 29.5 Å². The first kappa shape index (κ1) is 14.0. The number of aromatic nitrogens is 2. The van der Waals surface area contributed by atoms with Gasteiger partial charge in [0.05, 0.1) is 11.3 Å². The van der Waals surface area contributed by atoms with Crippen molar-refractivity contribution in [3.05, 3.63) is 47.9 Å². The summed E-state index contributed by atoms with van der Waals surface area (Å²) in [6, 6.07) is 7.35. The van der Waals surface area contributed by atoms with Crippen LogP contribution in [0.4, 0.5) is 11.5 Å². The fourth-order valence-electron chi connectivity index (χ4n) is 1.90. The van der Waals surface area contributed by atoms with E-state index in [1.165, 1.54) is 4.90 Å². The van der Waals surface area contributed by atoms with E-state index >= 15 is 0 Å². The number of hydrogen-bond donors (Lipinski definition) is 1. The summed E-state index contributed by atoms with van der Waals surface area (Å²) in [6.45, 7) is 4.64. The molecule has 0 radical (unpaired) electrons. The van der Waals surface area contributed by atoms with Crippen molar-refractivity contribution in [1.29, 1.82) is 0 Å². The van der Waals surface area contributed by atoms with Crippen LogP contribution in [0.5, 0.6) is 0 Å². The maximum Gasteiger partial charge on any atom is 0.262 e. The Labute approximate surface area is 118 Å². The van der Waals surface area contributed by atoms with E-state index in [0.29, 0.717) is 11.4 Å². The van der Waals surface area contributed by atoms with Crippen LogP contribution in [0, 0.1) is 6.92 Å². The van der Waals surface area contributed by atoms with Gasteiger partial charge in [-0.2, -0.15) is 0 Å². The second kappa shape index (κ2) is 6.14. The summed E-state index contributed by atoms with van der Waals surface area (Å²) in [5, 5.41) is 3.20. The lowest BCUT2D eigenvalue weighted by Crippen LogP contribution is -2.28. The number of amides is 1. The highest BCUT2D eigenvalue weighted by Gasteiger charge is 2.18. The number of hydrogen-bond acceptors (Lipinski definition) is 4. The van der Waals surface area contributed by atoms with Gasteiger partial charge >= 0.3 is 0 Å². The predicted molar refractivity (Wildman–Crippen MR) is 80.1 cm³/mol. The van der Waals surface area contributed by atoms with Crippen LogP contribution >= 0.6 is 0 Å². The molecule has 0 unspecified atom stereocenters. The van der Waals surface area contributed by atoms with Crippen LogP contribution in [0.3, 0.4) is 0 Å². The molecule has 0 fully saturated rings. The van der Waals surface area contributed by atoms with Gasteiger partial charge in [-0.3, -0.25) is 14.7 Å².